The molecule has 2 rings (SSSR count). The lowest BCUT2D eigenvalue weighted by Crippen LogP contribution is -2.23. The van der Waals surface area contributed by atoms with Crippen LogP contribution in [0.1, 0.15) is 12.0 Å². The van der Waals surface area contributed by atoms with Crippen molar-refractivity contribution in [2.24, 2.45) is 5.41 Å². The molecule has 1 heterocycles. The highest BCUT2D eigenvalue weighted by atomic mass is 79.9. The van der Waals surface area contributed by atoms with Crippen molar-refractivity contribution in [3.8, 4) is 6.07 Å². The molecule has 1 atom stereocenters. The number of hydrogen-bond donors (Lipinski definition) is 0. The number of halogens is 2. The van der Waals surface area contributed by atoms with E-state index in [1.807, 2.05) is 0 Å². The Morgan fingerprint density at radius 1 is 1.50 bits per heavy atom. The van der Waals surface area contributed by atoms with Gasteiger partial charge in [-0.1, -0.05) is 15.9 Å². The third-order valence-electron chi connectivity index (χ3n) is 3.16. The first-order valence-electron chi connectivity index (χ1n) is 5.41. The first-order chi connectivity index (χ1) is 8.36. The fraction of sp³-hybridized carbons (Fsp3) is 0.417. The highest BCUT2D eigenvalue weighted by molar-refractivity contribution is 9.10. The molecule has 1 aliphatic rings. The Kier molecular flexibility index (Phi) is 3.47. The van der Waals surface area contributed by atoms with Crippen molar-refractivity contribution in [3.63, 3.8) is 0 Å². The van der Waals surface area contributed by atoms with Crippen molar-refractivity contribution in [1.29, 1.82) is 5.26 Å². The molecule has 1 saturated heterocycles. The summed E-state index contributed by atoms with van der Waals surface area (Å²) in [7, 11) is -3.17. The van der Waals surface area contributed by atoms with E-state index in [0.717, 1.165) is 0 Å². The lowest BCUT2D eigenvalue weighted by atomic mass is 9.82. The average molecular weight is 332 g/mol. The summed E-state index contributed by atoms with van der Waals surface area (Å²) < 4.78 is 37.3. The van der Waals surface area contributed by atoms with E-state index < -0.39 is 21.1 Å². The van der Waals surface area contributed by atoms with E-state index in [2.05, 4.69) is 22.0 Å². The normalized spacial score (nSPS) is 25.8. The molecule has 0 radical (unpaired) electrons. The Morgan fingerprint density at radius 2 is 2.22 bits per heavy atom. The molecule has 1 aromatic carbocycles. The zero-order valence-electron chi connectivity index (χ0n) is 9.49. The predicted molar refractivity (Wildman–Crippen MR) is 69.1 cm³/mol. The predicted octanol–water partition coefficient (Wildman–Crippen LogP) is 2.46. The topological polar surface area (TPSA) is 57.9 Å². The molecular formula is C12H11BrFNO2S. The van der Waals surface area contributed by atoms with Crippen LogP contribution in [-0.2, 0) is 16.3 Å². The zero-order chi connectivity index (χ0) is 13.4. The van der Waals surface area contributed by atoms with E-state index in [1.54, 1.807) is 12.1 Å². The van der Waals surface area contributed by atoms with Crippen LogP contribution in [0.25, 0.3) is 0 Å². The molecule has 0 amide bonds. The Balaban J connectivity index is 2.33. The van der Waals surface area contributed by atoms with Crippen LogP contribution >= 0.6 is 15.9 Å². The van der Waals surface area contributed by atoms with Gasteiger partial charge in [-0.25, -0.2) is 12.8 Å². The van der Waals surface area contributed by atoms with Gasteiger partial charge >= 0.3 is 0 Å². The van der Waals surface area contributed by atoms with Crippen molar-refractivity contribution < 1.29 is 12.8 Å². The lowest BCUT2D eigenvalue weighted by Gasteiger charge is -2.19. The minimum absolute atomic E-state index is 0.0101. The second kappa shape index (κ2) is 4.63. The van der Waals surface area contributed by atoms with Crippen LogP contribution in [-0.4, -0.2) is 19.9 Å². The van der Waals surface area contributed by atoms with E-state index in [9.17, 15) is 18.1 Å². The fourth-order valence-electron chi connectivity index (χ4n) is 2.23. The quantitative estimate of drug-likeness (QED) is 0.836. The van der Waals surface area contributed by atoms with Gasteiger partial charge in [-0.2, -0.15) is 5.26 Å². The summed E-state index contributed by atoms with van der Waals surface area (Å²) in [6.45, 7) is 0. The molecular weight excluding hydrogens is 321 g/mol. The maximum atomic E-state index is 13.6. The molecule has 1 aromatic rings. The highest BCUT2D eigenvalue weighted by Gasteiger charge is 2.43. The van der Waals surface area contributed by atoms with Gasteiger partial charge in [0.2, 0.25) is 0 Å². The largest absolute Gasteiger partial charge is 0.229 e. The molecule has 0 bridgehead atoms. The monoisotopic (exact) mass is 331 g/mol. The van der Waals surface area contributed by atoms with Crippen LogP contribution in [0.3, 0.4) is 0 Å². The van der Waals surface area contributed by atoms with Gasteiger partial charge in [0, 0.05) is 4.47 Å². The van der Waals surface area contributed by atoms with Gasteiger partial charge in [0.05, 0.1) is 23.0 Å². The van der Waals surface area contributed by atoms with Crippen molar-refractivity contribution in [2.45, 2.75) is 12.8 Å². The van der Waals surface area contributed by atoms with Gasteiger partial charge in [0.15, 0.2) is 9.84 Å². The molecule has 0 saturated carbocycles. The van der Waals surface area contributed by atoms with E-state index in [0.29, 0.717) is 10.0 Å². The zero-order valence-corrected chi connectivity index (χ0v) is 11.9. The molecule has 1 fully saturated rings. The van der Waals surface area contributed by atoms with Crippen molar-refractivity contribution in [1.82, 2.24) is 0 Å². The summed E-state index contributed by atoms with van der Waals surface area (Å²) in [5.74, 6) is -0.573. The summed E-state index contributed by atoms with van der Waals surface area (Å²) >= 11 is 3.24. The Labute approximate surface area is 114 Å². The Bertz CT molecular complexity index is 623. The highest BCUT2D eigenvalue weighted by Crippen LogP contribution is 2.36. The average Bonchev–Trinajstić information content (AvgIpc) is 2.60. The van der Waals surface area contributed by atoms with Crippen molar-refractivity contribution in [3.05, 3.63) is 34.1 Å². The van der Waals surface area contributed by atoms with E-state index in [1.165, 1.54) is 6.07 Å². The van der Waals surface area contributed by atoms with Crippen LogP contribution in [0.5, 0.6) is 0 Å². The standard InChI is InChI=1S/C12H11BrFNO2S/c13-10-1-2-11(14)9(5-10)6-12(7-15)3-4-18(16,17)8-12/h1-2,5H,3-4,6,8H2. The van der Waals surface area contributed by atoms with Gasteiger partial charge in [0.25, 0.3) is 0 Å². The number of sulfone groups is 1. The molecule has 1 unspecified atom stereocenters. The van der Waals surface area contributed by atoms with Crippen LogP contribution in [0.4, 0.5) is 4.39 Å². The molecule has 18 heavy (non-hydrogen) atoms. The molecule has 0 aromatic heterocycles. The van der Waals surface area contributed by atoms with Crippen molar-refractivity contribution >= 4 is 25.8 Å². The Morgan fingerprint density at radius 3 is 2.78 bits per heavy atom. The maximum Gasteiger partial charge on any atom is 0.151 e. The molecule has 6 heteroatoms. The van der Waals surface area contributed by atoms with Gasteiger partial charge in [-0.3, -0.25) is 0 Å². The molecule has 0 aliphatic carbocycles. The third-order valence-corrected chi connectivity index (χ3v) is 5.47. The van der Waals surface area contributed by atoms with Gasteiger partial charge in [-0.15, -0.1) is 0 Å². The number of nitriles is 1. The minimum atomic E-state index is -3.17. The Hall–Kier alpha value is -0.930. The first-order valence-corrected chi connectivity index (χ1v) is 8.03. The fourth-order valence-corrected chi connectivity index (χ4v) is 4.63. The smallest absolute Gasteiger partial charge is 0.151 e. The summed E-state index contributed by atoms with van der Waals surface area (Å²) in [5.41, 5.74) is -0.608. The van der Waals surface area contributed by atoms with Crippen molar-refractivity contribution in [2.75, 3.05) is 11.5 Å². The van der Waals surface area contributed by atoms with Gasteiger partial charge < -0.3 is 0 Å². The van der Waals surface area contributed by atoms with Crippen LogP contribution < -0.4 is 0 Å². The number of nitrogens with zero attached hydrogens (tertiary/aromatic N) is 1. The lowest BCUT2D eigenvalue weighted by molar-refractivity contribution is 0.439. The van der Waals surface area contributed by atoms with Crippen LogP contribution in [0.15, 0.2) is 22.7 Å². The molecule has 0 spiro atoms. The van der Waals surface area contributed by atoms with Crippen LogP contribution in [0, 0.1) is 22.6 Å². The number of rotatable bonds is 2. The second-order valence-corrected chi connectivity index (χ2v) is 7.75. The summed E-state index contributed by atoms with van der Waals surface area (Å²) in [4.78, 5) is 0. The summed E-state index contributed by atoms with van der Waals surface area (Å²) in [5, 5.41) is 9.22. The molecule has 3 nitrogen and oxygen atoms in total. The van der Waals surface area contributed by atoms with E-state index in [4.69, 9.17) is 0 Å². The maximum absolute atomic E-state index is 13.6. The SMILES string of the molecule is N#CC1(Cc2cc(Br)ccc2F)CCS(=O)(=O)C1. The first kappa shape index (κ1) is 13.5. The van der Waals surface area contributed by atoms with Gasteiger partial charge in [0.1, 0.15) is 5.82 Å². The number of hydrogen-bond acceptors (Lipinski definition) is 3. The molecule has 1 aliphatic heterocycles. The second-order valence-electron chi connectivity index (χ2n) is 4.65. The van der Waals surface area contributed by atoms with E-state index in [-0.39, 0.29) is 24.3 Å². The van der Waals surface area contributed by atoms with Crippen LogP contribution in [0.2, 0.25) is 0 Å². The minimum Gasteiger partial charge on any atom is -0.229 e. The third kappa shape index (κ3) is 2.73. The summed E-state index contributed by atoms with van der Waals surface area (Å²) in [6, 6.07) is 6.55. The molecule has 96 valence electrons. The number of benzene rings is 1. The van der Waals surface area contributed by atoms with E-state index >= 15 is 0 Å². The van der Waals surface area contributed by atoms with Gasteiger partial charge in [-0.05, 0) is 36.6 Å². The summed E-state index contributed by atoms with van der Waals surface area (Å²) in [6.07, 6.45) is 0.409. The molecule has 0 N–H and O–H groups in total.